The lowest BCUT2D eigenvalue weighted by Crippen LogP contribution is -2.36. The van der Waals surface area contributed by atoms with Crippen LogP contribution in [-0.2, 0) is 4.79 Å². The van der Waals surface area contributed by atoms with Crippen molar-refractivity contribution in [3.8, 4) is 0 Å². The molecule has 0 unspecified atom stereocenters. The van der Waals surface area contributed by atoms with Crippen LogP contribution in [0.2, 0.25) is 0 Å². The Hall–Kier alpha value is -1.82. The zero-order valence-electron chi connectivity index (χ0n) is 10.9. The van der Waals surface area contributed by atoms with Gasteiger partial charge in [0.1, 0.15) is 0 Å². The van der Waals surface area contributed by atoms with E-state index in [2.05, 4.69) is 10.6 Å². The molecule has 2 rings (SSSR count). The third-order valence-electron chi connectivity index (χ3n) is 3.06. The highest BCUT2D eigenvalue weighted by atomic mass is 16.3. The van der Waals surface area contributed by atoms with E-state index in [1.54, 1.807) is 12.1 Å². The largest absolute Gasteiger partial charge is 0.459 e. The molecule has 1 aliphatic heterocycles. The van der Waals surface area contributed by atoms with E-state index in [9.17, 15) is 9.59 Å². The number of carbonyl (C=O) groups excluding carboxylic acids is 2. The van der Waals surface area contributed by atoms with E-state index in [1.165, 1.54) is 6.26 Å². The van der Waals surface area contributed by atoms with Crippen molar-refractivity contribution in [3.63, 3.8) is 0 Å². The van der Waals surface area contributed by atoms with Gasteiger partial charge in [-0.1, -0.05) is 0 Å². The standard InChI is InChI=1S/C13H19N3O3/c17-12(16-8-2-5-14-7-9-16)4-6-15-13(18)11-3-1-10-19-11/h1,3,10,14H,2,4-9H2,(H,15,18). The van der Waals surface area contributed by atoms with Gasteiger partial charge in [0, 0.05) is 32.6 Å². The van der Waals surface area contributed by atoms with Crippen molar-refractivity contribution >= 4 is 11.8 Å². The number of nitrogens with zero attached hydrogens (tertiary/aromatic N) is 1. The summed E-state index contributed by atoms with van der Waals surface area (Å²) in [5.41, 5.74) is 0. The minimum Gasteiger partial charge on any atom is -0.459 e. The number of nitrogens with one attached hydrogen (secondary N) is 2. The summed E-state index contributed by atoms with van der Waals surface area (Å²) in [5.74, 6) is 0.0743. The molecule has 0 atom stereocenters. The van der Waals surface area contributed by atoms with E-state index < -0.39 is 0 Å². The van der Waals surface area contributed by atoms with Crippen molar-refractivity contribution < 1.29 is 14.0 Å². The monoisotopic (exact) mass is 265 g/mol. The van der Waals surface area contributed by atoms with E-state index >= 15 is 0 Å². The molecule has 0 radical (unpaired) electrons. The van der Waals surface area contributed by atoms with E-state index in [1.807, 2.05) is 4.90 Å². The molecule has 2 N–H and O–H groups in total. The summed E-state index contributed by atoms with van der Waals surface area (Å²) in [6, 6.07) is 3.25. The van der Waals surface area contributed by atoms with Crippen LogP contribution in [0.1, 0.15) is 23.4 Å². The Balaban J connectivity index is 1.70. The smallest absolute Gasteiger partial charge is 0.286 e. The molecule has 6 nitrogen and oxygen atoms in total. The SMILES string of the molecule is O=C(NCCC(=O)N1CCCNCC1)c1ccco1. The lowest BCUT2D eigenvalue weighted by Gasteiger charge is -2.19. The van der Waals surface area contributed by atoms with Gasteiger partial charge in [0.2, 0.25) is 5.91 Å². The van der Waals surface area contributed by atoms with Crippen LogP contribution in [0.25, 0.3) is 0 Å². The zero-order valence-corrected chi connectivity index (χ0v) is 10.9. The first-order chi connectivity index (χ1) is 9.27. The molecule has 6 heteroatoms. The van der Waals surface area contributed by atoms with Gasteiger partial charge >= 0.3 is 0 Å². The van der Waals surface area contributed by atoms with Crippen molar-refractivity contribution in [1.82, 2.24) is 15.5 Å². The van der Waals surface area contributed by atoms with Gasteiger partial charge in [-0.05, 0) is 25.1 Å². The van der Waals surface area contributed by atoms with Gasteiger partial charge in [0.05, 0.1) is 6.26 Å². The lowest BCUT2D eigenvalue weighted by atomic mass is 10.3. The first kappa shape index (κ1) is 13.6. The van der Waals surface area contributed by atoms with Gasteiger partial charge < -0.3 is 20.0 Å². The van der Waals surface area contributed by atoms with Crippen molar-refractivity contribution in [2.75, 3.05) is 32.7 Å². The summed E-state index contributed by atoms with van der Waals surface area (Å²) in [5, 5.41) is 5.92. The molecule has 2 amide bonds. The van der Waals surface area contributed by atoms with Gasteiger partial charge in [-0.15, -0.1) is 0 Å². The number of hydrogen-bond acceptors (Lipinski definition) is 4. The van der Waals surface area contributed by atoms with Gasteiger partial charge in [-0.2, -0.15) is 0 Å². The maximum atomic E-state index is 11.9. The lowest BCUT2D eigenvalue weighted by molar-refractivity contribution is -0.130. The Morgan fingerprint density at radius 1 is 1.37 bits per heavy atom. The second kappa shape index (κ2) is 6.94. The van der Waals surface area contributed by atoms with E-state index in [-0.39, 0.29) is 17.6 Å². The molecule has 1 aromatic rings. The molecule has 0 aromatic carbocycles. The van der Waals surface area contributed by atoms with Crippen molar-refractivity contribution in [2.45, 2.75) is 12.8 Å². The number of furan rings is 1. The van der Waals surface area contributed by atoms with Crippen molar-refractivity contribution in [2.24, 2.45) is 0 Å². The second-order valence-electron chi connectivity index (χ2n) is 4.47. The Bertz CT molecular complexity index is 409. The number of carbonyl (C=O) groups is 2. The fraction of sp³-hybridized carbons (Fsp3) is 0.538. The van der Waals surface area contributed by atoms with Gasteiger partial charge in [0.15, 0.2) is 5.76 Å². The molecule has 0 spiro atoms. The minimum absolute atomic E-state index is 0.0865. The first-order valence-electron chi connectivity index (χ1n) is 6.57. The molecule has 19 heavy (non-hydrogen) atoms. The fourth-order valence-corrected chi connectivity index (χ4v) is 2.03. The summed E-state index contributed by atoms with van der Waals surface area (Å²) >= 11 is 0. The molecule has 1 fully saturated rings. The second-order valence-corrected chi connectivity index (χ2v) is 4.47. The number of hydrogen-bond donors (Lipinski definition) is 2. The molecule has 1 aromatic heterocycles. The Morgan fingerprint density at radius 2 is 2.26 bits per heavy atom. The van der Waals surface area contributed by atoms with Gasteiger partial charge in [-0.25, -0.2) is 0 Å². The Labute approximate surface area is 112 Å². The predicted molar refractivity (Wildman–Crippen MR) is 69.7 cm³/mol. The first-order valence-corrected chi connectivity index (χ1v) is 6.57. The quantitative estimate of drug-likeness (QED) is 0.817. The highest BCUT2D eigenvalue weighted by molar-refractivity contribution is 5.91. The van der Waals surface area contributed by atoms with E-state index in [0.29, 0.717) is 13.0 Å². The third kappa shape index (κ3) is 4.10. The molecule has 104 valence electrons. The molecular weight excluding hydrogens is 246 g/mol. The van der Waals surface area contributed by atoms with E-state index in [0.717, 1.165) is 32.6 Å². The highest BCUT2D eigenvalue weighted by Gasteiger charge is 2.15. The third-order valence-corrected chi connectivity index (χ3v) is 3.06. The van der Waals surface area contributed by atoms with Crippen LogP contribution in [0.4, 0.5) is 0 Å². The number of rotatable bonds is 4. The van der Waals surface area contributed by atoms with Crippen molar-refractivity contribution in [3.05, 3.63) is 24.2 Å². The van der Waals surface area contributed by atoms with Crippen LogP contribution >= 0.6 is 0 Å². The molecule has 0 bridgehead atoms. The predicted octanol–water partition coefficient (Wildman–Crippen LogP) is 0.221. The van der Waals surface area contributed by atoms with Crippen LogP contribution in [0.5, 0.6) is 0 Å². The van der Waals surface area contributed by atoms with Crippen LogP contribution in [0, 0.1) is 0 Å². The minimum atomic E-state index is -0.282. The van der Waals surface area contributed by atoms with Crippen LogP contribution in [0.15, 0.2) is 22.8 Å². The average molecular weight is 265 g/mol. The Kier molecular flexibility index (Phi) is 4.97. The Morgan fingerprint density at radius 3 is 3.05 bits per heavy atom. The summed E-state index contributed by atoms with van der Waals surface area (Å²) in [6.07, 6.45) is 2.75. The molecule has 2 heterocycles. The highest BCUT2D eigenvalue weighted by Crippen LogP contribution is 2.01. The molecular formula is C13H19N3O3. The van der Waals surface area contributed by atoms with Gasteiger partial charge in [-0.3, -0.25) is 9.59 Å². The fourth-order valence-electron chi connectivity index (χ4n) is 2.03. The van der Waals surface area contributed by atoms with E-state index in [4.69, 9.17) is 4.42 Å². The van der Waals surface area contributed by atoms with Gasteiger partial charge in [0.25, 0.3) is 5.91 Å². The summed E-state index contributed by atoms with van der Waals surface area (Å²) in [4.78, 5) is 25.4. The topological polar surface area (TPSA) is 74.6 Å². The summed E-state index contributed by atoms with van der Waals surface area (Å²) in [7, 11) is 0. The maximum Gasteiger partial charge on any atom is 0.286 e. The molecule has 1 saturated heterocycles. The number of amides is 2. The normalized spacial score (nSPS) is 15.9. The average Bonchev–Trinajstić information content (AvgIpc) is 2.81. The summed E-state index contributed by atoms with van der Waals surface area (Å²) in [6.45, 7) is 3.66. The molecule has 0 saturated carbocycles. The zero-order chi connectivity index (χ0) is 13.5. The van der Waals surface area contributed by atoms with Crippen LogP contribution in [-0.4, -0.2) is 49.4 Å². The van der Waals surface area contributed by atoms with Crippen molar-refractivity contribution in [1.29, 1.82) is 0 Å². The van der Waals surface area contributed by atoms with Crippen LogP contribution < -0.4 is 10.6 Å². The maximum absolute atomic E-state index is 11.9. The molecule has 1 aliphatic rings. The van der Waals surface area contributed by atoms with Crippen LogP contribution in [0.3, 0.4) is 0 Å². The summed E-state index contributed by atoms with van der Waals surface area (Å²) < 4.78 is 4.97. The molecule has 0 aliphatic carbocycles.